The summed E-state index contributed by atoms with van der Waals surface area (Å²) in [6.07, 6.45) is 3.45. The number of carbonyl (C=O) groups excluding carboxylic acids is 1. The number of hydrogen-bond acceptors (Lipinski definition) is 1. The van der Waals surface area contributed by atoms with Gasteiger partial charge in [0.15, 0.2) is 0 Å². The standard InChI is InChI=1S/C17H23NO/c1-6-12-18(13-7-2)16(19)14-8-10-15(11-9-14)17(3,4)5/h6-11H,1-2,12-13H2,3-5H3. The topological polar surface area (TPSA) is 20.3 Å². The third kappa shape index (κ3) is 4.09. The van der Waals surface area contributed by atoms with Crippen molar-refractivity contribution in [3.63, 3.8) is 0 Å². The van der Waals surface area contributed by atoms with Crippen LogP contribution in [0.15, 0.2) is 49.6 Å². The maximum atomic E-state index is 12.3. The summed E-state index contributed by atoms with van der Waals surface area (Å²) in [5.41, 5.74) is 2.03. The Balaban J connectivity index is 2.93. The number of benzene rings is 1. The molecule has 0 bridgehead atoms. The second-order valence-corrected chi connectivity index (χ2v) is 5.61. The Labute approximate surface area is 116 Å². The molecule has 0 spiro atoms. The lowest BCUT2D eigenvalue weighted by Gasteiger charge is -2.21. The highest BCUT2D eigenvalue weighted by atomic mass is 16.2. The van der Waals surface area contributed by atoms with Crippen molar-refractivity contribution in [3.05, 3.63) is 60.7 Å². The molecule has 0 aliphatic rings. The van der Waals surface area contributed by atoms with Crippen molar-refractivity contribution in [2.45, 2.75) is 26.2 Å². The Morgan fingerprint density at radius 1 is 1.11 bits per heavy atom. The van der Waals surface area contributed by atoms with Gasteiger partial charge in [-0.25, -0.2) is 0 Å². The predicted octanol–water partition coefficient (Wildman–Crippen LogP) is 3.80. The molecule has 0 heterocycles. The summed E-state index contributed by atoms with van der Waals surface area (Å²) in [4.78, 5) is 14.0. The van der Waals surface area contributed by atoms with Gasteiger partial charge in [-0.15, -0.1) is 13.2 Å². The fourth-order valence-corrected chi connectivity index (χ4v) is 1.85. The molecular formula is C17H23NO. The summed E-state index contributed by atoms with van der Waals surface area (Å²) < 4.78 is 0. The van der Waals surface area contributed by atoms with E-state index in [1.54, 1.807) is 17.1 Å². The Morgan fingerprint density at radius 3 is 1.95 bits per heavy atom. The van der Waals surface area contributed by atoms with Crippen molar-refractivity contribution in [3.8, 4) is 0 Å². The average Bonchev–Trinajstić information content (AvgIpc) is 2.37. The summed E-state index contributed by atoms with van der Waals surface area (Å²) in [6.45, 7) is 14.9. The molecule has 102 valence electrons. The highest BCUT2D eigenvalue weighted by Crippen LogP contribution is 2.22. The Hall–Kier alpha value is -1.83. The van der Waals surface area contributed by atoms with Crippen LogP contribution in [0.1, 0.15) is 36.7 Å². The van der Waals surface area contributed by atoms with Crippen LogP contribution in [0.4, 0.5) is 0 Å². The first kappa shape index (κ1) is 15.2. The molecule has 2 nitrogen and oxygen atoms in total. The van der Waals surface area contributed by atoms with E-state index in [9.17, 15) is 4.79 Å². The molecule has 0 aliphatic carbocycles. The van der Waals surface area contributed by atoms with Gasteiger partial charge in [0.1, 0.15) is 0 Å². The molecule has 0 aromatic heterocycles. The minimum Gasteiger partial charge on any atom is -0.331 e. The van der Waals surface area contributed by atoms with Crippen molar-refractivity contribution in [2.75, 3.05) is 13.1 Å². The molecule has 0 fully saturated rings. The lowest BCUT2D eigenvalue weighted by atomic mass is 9.86. The third-order valence-corrected chi connectivity index (χ3v) is 2.98. The molecule has 1 rings (SSSR count). The molecule has 0 radical (unpaired) electrons. The molecule has 1 amide bonds. The Morgan fingerprint density at radius 2 is 1.58 bits per heavy atom. The summed E-state index contributed by atoms with van der Waals surface area (Å²) in [5, 5.41) is 0. The Bertz CT molecular complexity index is 441. The fourth-order valence-electron chi connectivity index (χ4n) is 1.85. The van der Waals surface area contributed by atoms with E-state index in [1.165, 1.54) is 5.56 Å². The number of nitrogens with zero attached hydrogens (tertiary/aromatic N) is 1. The first-order valence-corrected chi connectivity index (χ1v) is 6.51. The van der Waals surface area contributed by atoms with Crippen LogP contribution in [0.5, 0.6) is 0 Å². The zero-order valence-electron chi connectivity index (χ0n) is 12.1. The van der Waals surface area contributed by atoms with E-state index in [0.717, 1.165) is 0 Å². The minimum absolute atomic E-state index is 0.0141. The van der Waals surface area contributed by atoms with Crippen LogP contribution in [0.3, 0.4) is 0 Å². The zero-order chi connectivity index (χ0) is 14.5. The second-order valence-electron chi connectivity index (χ2n) is 5.61. The molecule has 2 heteroatoms. The normalized spacial score (nSPS) is 10.9. The molecule has 0 aliphatic heterocycles. The van der Waals surface area contributed by atoms with Crippen molar-refractivity contribution in [1.82, 2.24) is 4.90 Å². The van der Waals surface area contributed by atoms with E-state index in [-0.39, 0.29) is 11.3 Å². The molecule has 0 saturated carbocycles. The summed E-state index contributed by atoms with van der Waals surface area (Å²) in [7, 11) is 0. The lowest BCUT2D eigenvalue weighted by molar-refractivity contribution is 0.0791. The van der Waals surface area contributed by atoms with Crippen molar-refractivity contribution in [2.24, 2.45) is 0 Å². The molecule has 0 N–H and O–H groups in total. The van der Waals surface area contributed by atoms with E-state index in [1.807, 2.05) is 24.3 Å². The molecule has 1 aromatic carbocycles. The molecular weight excluding hydrogens is 234 g/mol. The quantitative estimate of drug-likeness (QED) is 0.735. The van der Waals surface area contributed by atoms with E-state index < -0.39 is 0 Å². The van der Waals surface area contributed by atoms with Gasteiger partial charge in [-0.2, -0.15) is 0 Å². The highest BCUT2D eigenvalue weighted by Gasteiger charge is 2.16. The van der Waals surface area contributed by atoms with Gasteiger partial charge in [0.05, 0.1) is 0 Å². The number of hydrogen-bond donors (Lipinski definition) is 0. The largest absolute Gasteiger partial charge is 0.331 e. The van der Waals surface area contributed by atoms with Crippen LogP contribution in [-0.2, 0) is 5.41 Å². The van der Waals surface area contributed by atoms with E-state index in [0.29, 0.717) is 18.7 Å². The number of amides is 1. The van der Waals surface area contributed by atoms with Gasteiger partial charge in [0, 0.05) is 18.7 Å². The number of rotatable bonds is 5. The lowest BCUT2D eigenvalue weighted by Crippen LogP contribution is -2.31. The number of carbonyl (C=O) groups is 1. The van der Waals surface area contributed by atoms with Gasteiger partial charge in [-0.1, -0.05) is 45.1 Å². The maximum Gasteiger partial charge on any atom is 0.254 e. The molecule has 0 atom stereocenters. The Kier molecular flexibility index (Phi) is 5.11. The summed E-state index contributed by atoms with van der Waals surface area (Å²) >= 11 is 0. The van der Waals surface area contributed by atoms with Gasteiger partial charge < -0.3 is 4.90 Å². The highest BCUT2D eigenvalue weighted by molar-refractivity contribution is 5.94. The van der Waals surface area contributed by atoms with E-state index >= 15 is 0 Å². The van der Waals surface area contributed by atoms with Crippen LogP contribution in [-0.4, -0.2) is 23.9 Å². The summed E-state index contributed by atoms with van der Waals surface area (Å²) in [6, 6.07) is 7.82. The van der Waals surface area contributed by atoms with Gasteiger partial charge >= 0.3 is 0 Å². The second kappa shape index (κ2) is 6.37. The maximum absolute atomic E-state index is 12.3. The molecule has 19 heavy (non-hydrogen) atoms. The van der Waals surface area contributed by atoms with Crippen molar-refractivity contribution < 1.29 is 4.79 Å². The fraction of sp³-hybridized carbons (Fsp3) is 0.353. The monoisotopic (exact) mass is 257 g/mol. The van der Waals surface area contributed by atoms with Gasteiger partial charge in [-0.3, -0.25) is 4.79 Å². The van der Waals surface area contributed by atoms with Gasteiger partial charge in [0.2, 0.25) is 0 Å². The van der Waals surface area contributed by atoms with Crippen LogP contribution in [0.2, 0.25) is 0 Å². The molecule has 1 aromatic rings. The van der Waals surface area contributed by atoms with Crippen molar-refractivity contribution in [1.29, 1.82) is 0 Å². The van der Waals surface area contributed by atoms with E-state index in [4.69, 9.17) is 0 Å². The van der Waals surface area contributed by atoms with Crippen LogP contribution < -0.4 is 0 Å². The molecule has 0 saturated heterocycles. The van der Waals surface area contributed by atoms with Crippen molar-refractivity contribution >= 4 is 5.91 Å². The minimum atomic E-state index is 0.0141. The predicted molar refractivity (Wildman–Crippen MR) is 81.4 cm³/mol. The van der Waals surface area contributed by atoms with E-state index in [2.05, 4.69) is 33.9 Å². The SMILES string of the molecule is C=CCN(CC=C)C(=O)c1ccc(C(C)(C)C)cc1. The first-order chi connectivity index (χ1) is 8.90. The smallest absolute Gasteiger partial charge is 0.254 e. The zero-order valence-corrected chi connectivity index (χ0v) is 12.1. The van der Waals surface area contributed by atoms with Gasteiger partial charge in [-0.05, 0) is 23.1 Å². The third-order valence-electron chi connectivity index (χ3n) is 2.98. The van der Waals surface area contributed by atoms with Crippen LogP contribution in [0.25, 0.3) is 0 Å². The average molecular weight is 257 g/mol. The van der Waals surface area contributed by atoms with Gasteiger partial charge in [0.25, 0.3) is 5.91 Å². The van der Waals surface area contributed by atoms with Crippen LogP contribution in [0, 0.1) is 0 Å². The van der Waals surface area contributed by atoms with Crippen LogP contribution >= 0.6 is 0 Å². The summed E-state index contributed by atoms with van der Waals surface area (Å²) in [5.74, 6) is 0.0141. The first-order valence-electron chi connectivity index (χ1n) is 6.51. The molecule has 0 unspecified atom stereocenters.